The molecule has 1 aromatic heterocycles. The van der Waals surface area contributed by atoms with Crippen molar-refractivity contribution in [2.75, 3.05) is 7.11 Å². The number of fused-ring (bicyclic) bond motifs is 1. The Labute approximate surface area is 130 Å². The lowest BCUT2D eigenvalue weighted by Gasteiger charge is -2.05. The van der Waals surface area contributed by atoms with Crippen molar-refractivity contribution in [1.82, 2.24) is 4.98 Å². The van der Waals surface area contributed by atoms with Crippen LogP contribution in [0.1, 0.15) is 20.7 Å². The molecule has 0 bridgehead atoms. The second kappa shape index (κ2) is 5.95. The highest BCUT2D eigenvalue weighted by atomic mass is 32.1. The molecule has 0 saturated carbocycles. The molecule has 1 heterocycles. The molecule has 0 N–H and O–H groups in total. The maximum absolute atomic E-state index is 12.1. The summed E-state index contributed by atoms with van der Waals surface area (Å²) in [5, 5.41) is 0. The minimum absolute atomic E-state index is 0.363. The fourth-order valence-corrected chi connectivity index (χ4v) is 2.64. The van der Waals surface area contributed by atoms with Gasteiger partial charge in [-0.1, -0.05) is 0 Å². The molecule has 0 aliphatic heterocycles. The quantitative estimate of drug-likeness (QED) is 0.548. The van der Waals surface area contributed by atoms with E-state index in [1.807, 2.05) is 0 Å². The molecule has 0 amide bonds. The van der Waals surface area contributed by atoms with E-state index in [-0.39, 0.29) is 0 Å². The van der Waals surface area contributed by atoms with Crippen LogP contribution in [-0.4, -0.2) is 24.0 Å². The number of methoxy groups -OCH3 is 1. The highest BCUT2D eigenvalue weighted by Gasteiger charge is 2.11. The van der Waals surface area contributed by atoms with Crippen LogP contribution in [0.4, 0.5) is 0 Å². The number of thiazole rings is 1. The zero-order valence-electron chi connectivity index (χ0n) is 11.6. The minimum Gasteiger partial charge on any atom is -0.465 e. The monoisotopic (exact) mass is 313 g/mol. The minimum atomic E-state index is -0.457. The van der Waals surface area contributed by atoms with Crippen LogP contribution in [0.3, 0.4) is 0 Å². The van der Waals surface area contributed by atoms with Gasteiger partial charge >= 0.3 is 11.9 Å². The van der Waals surface area contributed by atoms with E-state index in [0.29, 0.717) is 16.9 Å². The van der Waals surface area contributed by atoms with Crippen molar-refractivity contribution in [3.05, 3.63) is 59.1 Å². The van der Waals surface area contributed by atoms with Crippen LogP contribution in [0, 0.1) is 0 Å². The third-order valence-corrected chi connectivity index (χ3v) is 3.84. The lowest BCUT2D eigenvalue weighted by Crippen LogP contribution is -2.08. The van der Waals surface area contributed by atoms with Crippen molar-refractivity contribution in [2.45, 2.75) is 0 Å². The van der Waals surface area contributed by atoms with Gasteiger partial charge in [0.2, 0.25) is 0 Å². The molecule has 0 spiro atoms. The van der Waals surface area contributed by atoms with Crippen molar-refractivity contribution < 1.29 is 19.1 Å². The predicted molar refractivity (Wildman–Crippen MR) is 82.4 cm³/mol. The predicted octanol–water partition coefficient (Wildman–Crippen LogP) is 3.30. The van der Waals surface area contributed by atoms with E-state index in [9.17, 15) is 9.59 Å². The highest BCUT2D eigenvalue weighted by Crippen LogP contribution is 2.21. The molecular formula is C16H11NO4S. The smallest absolute Gasteiger partial charge is 0.343 e. The molecule has 0 radical (unpaired) electrons. The number of ether oxygens (including phenoxy) is 2. The summed E-state index contributed by atoms with van der Waals surface area (Å²) in [5.41, 5.74) is 3.43. The van der Waals surface area contributed by atoms with Crippen LogP contribution in [0.5, 0.6) is 5.75 Å². The van der Waals surface area contributed by atoms with Gasteiger partial charge in [-0.05, 0) is 42.5 Å². The summed E-state index contributed by atoms with van der Waals surface area (Å²) in [6, 6.07) is 11.4. The maximum Gasteiger partial charge on any atom is 0.343 e. The lowest BCUT2D eigenvalue weighted by atomic mass is 10.2. The van der Waals surface area contributed by atoms with E-state index in [1.165, 1.54) is 18.4 Å². The first kappa shape index (κ1) is 14.2. The zero-order chi connectivity index (χ0) is 15.5. The van der Waals surface area contributed by atoms with Gasteiger partial charge in [0.1, 0.15) is 5.75 Å². The van der Waals surface area contributed by atoms with Gasteiger partial charge in [0, 0.05) is 0 Å². The third-order valence-electron chi connectivity index (χ3n) is 3.05. The van der Waals surface area contributed by atoms with E-state index in [2.05, 4.69) is 9.72 Å². The topological polar surface area (TPSA) is 65.5 Å². The first-order chi connectivity index (χ1) is 10.7. The number of carbonyl (C=O) groups is 2. The average Bonchev–Trinajstić information content (AvgIpc) is 3.02. The van der Waals surface area contributed by atoms with E-state index in [1.54, 1.807) is 48.0 Å². The standard InChI is InChI=1S/C16H11NO4S/c1-20-15(18)10-2-5-12(6-3-10)21-16(19)11-4-7-13-14(8-11)22-9-17-13/h2-9H,1H3. The molecule has 0 aliphatic carbocycles. The second-order valence-corrected chi connectivity index (χ2v) is 5.33. The molecule has 110 valence electrons. The number of aromatic nitrogens is 1. The van der Waals surface area contributed by atoms with E-state index < -0.39 is 11.9 Å². The SMILES string of the molecule is COC(=O)c1ccc(OC(=O)c2ccc3ncsc3c2)cc1. The number of carbonyl (C=O) groups excluding carboxylic acids is 2. The summed E-state index contributed by atoms with van der Waals surface area (Å²) in [6.45, 7) is 0. The normalized spacial score (nSPS) is 10.4. The molecule has 3 aromatic rings. The molecule has 5 nitrogen and oxygen atoms in total. The molecule has 0 unspecified atom stereocenters. The molecule has 22 heavy (non-hydrogen) atoms. The Hall–Kier alpha value is -2.73. The molecule has 3 rings (SSSR count). The number of hydrogen-bond acceptors (Lipinski definition) is 6. The summed E-state index contributed by atoms with van der Waals surface area (Å²) >= 11 is 1.46. The van der Waals surface area contributed by atoms with Gasteiger partial charge in [-0.15, -0.1) is 11.3 Å². The van der Waals surface area contributed by atoms with Crippen LogP contribution < -0.4 is 4.74 Å². The summed E-state index contributed by atoms with van der Waals surface area (Å²) in [7, 11) is 1.31. The molecular weight excluding hydrogens is 302 g/mol. The molecule has 0 aliphatic rings. The van der Waals surface area contributed by atoms with Gasteiger partial charge < -0.3 is 9.47 Å². The largest absolute Gasteiger partial charge is 0.465 e. The summed E-state index contributed by atoms with van der Waals surface area (Å²) in [4.78, 5) is 27.6. The molecule has 0 atom stereocenters. The van der Waals surface area contributed by atoms with Crippen LogP contribution in [0.15, 0.2) is 48.0 Å². The number of esters is 2. The fourth-order valence-electron chi connectivity index (χ4n) is 1.92. The van der Waals surface area contributed by atoms with Gasteiger partial charge in [0.15, 0.2) is 0 Å². The Bertz CT molecular complexity index is 839. The first-order valence-corrected chi connectivity index (χ1v) is 7.29. The van der Waals surface area contributed by atoms with Gasteiger partial charge in [-0.25, -0.2) is 14.6 Å². The van der Waals surface area contributed by atoms with Crippen molar-refractivity contribution in [1.29, 1.82) is 0 Å². The Morgan fingerprint density at radius 3 is 2.45 bits per heavy atom. The van der Waals surface area contributed by atoms with Gasteiger partial charge in [0.25, 0.3) is 0 Å². The van der Waals surface area contributed by atoms with Crippen molar-refractivity contribution in [3.63, 3.8) is 0 Å². The van der Waals surface area contributed by atoms with Gasteiger partial charge in [0.05, 0.1) is 34.0 Å². The number of hydrogen-bond donors (Lipinski definition) is 0. The summed E-state index contributed by atoms with van der Waals surface area (Å²) < 4.78 is 10.8. The summed E-state index contributed by atoms with van der Waals surface area (Å²) in [6.07, 6.45) is 0. The van der Waals surface area contributed by atoms with Gasteiger partial charge in [-0.2, -0.15) is 0 Å². The fraction of sp³-hybridized carbons (Fsp3) is 0.0625. The Morgan fingerprint density at radius 2 is 1.73 bits per heavy atom. The third kappa shape index (κ3) is 2.82. The van der Waals surface area contributed by atoms with Gasteiger partial charge in [-0.3, -0.25) is 0 Å². The van der Waals surface area contributed by atoms with Crippen LogP contribution in [0.25, 0.3) is 10.2 Å². The molecule has 6 heteroatoms. The maximum atomic E-state index is 12.1. The van der Waals surface area contributed by atoms with Crippen molar-refractivity contribution >= 4 is 33.5 Å². The second-order valence-electron chi connectivity index (χ2n) is 4.44. The average molecular weight is 313 g/mol. The van der Waals surface area contributed by atoms with Crippen LogP contribution >= 0.6 is 11.3 Å². The number of nitrogens with zero attached hydrogens (tertiary/aromatic N) is 1. The molecule has 0 saturated heterocycles. The highest BCUT2D eigenvalue weighted by molar-refractivity contribution is 7.16. The Kier molecular flexibility index (Phi) is 3.84. The van der Waals surface area contributed by atoms with E-state index in [0.717, 1.165) is 10.2 Å². The number of rotatable bonds is 3. The van der Waals surface area contributed by atoms with Crippen LogP contribution in [0.2, 0.25) is 0 Å². The lowest BCUT2D eigenvalue weighted by molar-refractivity contribution is 0.0600. The Balaban J connectivity index is 1.77. The van der Waals surface area contributed by atoms with E-state index >= 15 is 0 Å². The first-order valence-electron chi connectivity index (χ1n) is 6.41. The number of benzene rings is 2. The van der Waals surface area contributed by atoms with Crippen molar-refractivity contribution in [3.8, 4) is 5.75 Å². The Morgan fingerprint density at radius 1 is 1.00 bits per heavy atom. The summed E-state index contributed by atoms with van der Waals surface area (Å²) in [5.74, 6) is -0.531. The van der Waals surface area contributed by atoms with Crippen molar-refractivity contribution in [2.24, 2.45) is 0 Å². The zero-order valence-corrected chi connectivity index (χ0v) is 12.4. The molecule has 0 fully saturated rings. The van der Waals surface area contributed by atoms with Crippen LogP contribution in [-0.2, 0) is 4.74 Å². The van der Waals surface area contributed by atoms with E-state index in [4.69, 9.17) is 4.74 Å². The molecule has 2 aromatic carbocycles.